The van der Waals surface area contributed by atoms with E-state index >= 15 is 0 Å². The van der Waals surface area contributed by atoms with Crippen molar-refractivity contribution < 1.29 is 9.90 Å². The summed E-state index contributed by atoms with van der Waals surface area (Å²) in [6, 6.07) is 14.7. The van der Waals surface area contributed by atoms with Crippen LogP contribution in [0.25, 0.3) is 0 Å². The van der Waals surface area contributed by atoms with Gasteiger partial charge in [0.05, 0.1) is 0 Å². The zero-order chi connectivity index (χ0) is 17.3. The van der Waals surface area contributed by atoms with Crippen molar-refractivity contribution in [2.75, 3.05) is 0 Å². The van der Waals surface area contributed by atoms with Crippen LogP contribution in [0.15, 0.2) is 58.1 Å². The number of carbonyl (C=O) groups is 1. The van der Waals surface area contributed by atoms with Crippen LogP contribution in [0, 0.1) is 6.92 Å². The van der Waals surface area contributed by atoms with Gasteiger partial charge >= 0.3 is 0 Å². The zero-order valence-corrected chi connectivity index (χ0v) is 15.2. The normalized spacial score (nSPS) is 20.2. The van der Waals surface area contributed by atoms with Crippen molar-refractivity contribution in [2.45, 2.75) is 32.4 Å². The predicted molar refractivity (Wildman–Crippen MR) is 97.7 cm³/mol. The van der Waals surface area contributed by atoms with E-state index in [0.29, 0.717) is 24.0 Å². The molecule has 0 fully saturated rings. The molecule has 0 saturated carbocycles. The number of hydrogen-bond donors (Lipinski definition) is 1. The molecule has 3 rings (SSSR count). The van der Waals surface area contributed by atoms with Crippen LogP contribution in [0.3, 0.4) is 0 Å². The molecule has 2 aromatic carbocycles. The number of carbonyl (C=O) groups excluding carboxylic acids is 1. The lowest BCUT2D eigenvalue weighted by Gasteiger charge is -2.31. The van der Waals surface area contributed by atoms with Crippen LogP contribution in [-0.4, -0.2) is 21.7 Å². The summed E-state index contributed by atoms with van der Waals surface area (Å²) in [4.78, 5) is 13.0. The molecule has 0 radical (unpaired) electrons. The first-order chi connectivity index (χ1) is 11.4. The molecule has 1 heterocycles. The van der Waals surface area contributed by atoms with E-state index in [1.807, 2.05) is 56.3 Å². The summed E-state index contributed by atoms with van der Waals surface area (Å²) in [7, 11) is 0. The average molecular weight is 387 g/mol. The fourth-order valence-electron chi connectivity index (χ4n) is 2.87. The van der Waals surface area contributed by atoms with Crippen LogP contribution in [0.1, 0.15) is 41.3 Å². The van der Waals surface area contributed by atoms with Gasteiger partial charge in [-0.2, -0.15) is 10.1 Å². The summed E-state index contributed by atoms with van der Waals surface area (Å²) >= 11 is 3.40. The number of halogens is 1. The lowest BCUT2D eigenvalue weighted by Crippen LogP contribution is -2.43. The summed E-state index contributed by atoms with van der Waals surface area (Å²) in [5.74, 6) is -0.299. The van der Waals surface area contributed by atoms with E-state index in [1.54, 1.807) is 6.07 Å². The van der Waals surface area contributed by atoms with Crippen LogP contribution < -0.4 is 0 Å². The number of rotatable bonds is 3. The Morgan fingerprint density at radius 2 is 2.00 bits per heavy atom. The van der Waals surface area contributed by atoms with Crippen molar-refractivity contribution in [1.82, 2.24) is 5.01 Å². The minimum Gasteiger partial charge on any atom is -0.365 e. The maximum Gasteiger partial charge on any atom is 0.276 e. The van der Waals surface area contributed by atoms with Crippen LogP contribution in [0.2, 0.25) is 0 Å². The molecule has 4 nitrogen and oxygen atoms in total. The maximum absolute atomic E-state index is 13.0. The smallest absolute Gasteiger partial charge is 0.276 e. The topological polar surface area (TPSA) is 52.9 Å². The standard InChI is InChI=1S/C19H19BrN2O2/c1-3-17-12-19(24,15-7-9-16(20)10-8-15)22(21-17)18(23)14-6-4-5-13(2)11-14/h4-11,24H,3,12H2,1-2H3/t19-/m0/s1. The minimum absolute atomic E-state index is 0.299. The van der Waals surface area contributed by atoms with Gasteiger partial charge in [-0.15, -0.1) is 0 Å². The summed E-state index contributed by atoms with van der Waals surface area (Å²) in [6.45, 7) is 3.91. The van der Waals surface area contributed by atoms with E-state index < -0.39 is 5.72 Å². The highest BCUT2D eigenvalue weighted by atomic mass is 79.9. The SMILES string of the molecule is CCC1=NN(C(=O)c2cccc(C)c2)[C@@](O)(c2ccc(Br)cc2)C1. The monoisotopic (exact) mass is 386 g/mol. The molecule has 1 aliphatic heterocycles. The average Bonchev–Trinajstić information content (AvgIpc) is 2.93. The van der Waals surface area contributed by atoms with Crippen LogP contribution >= 0.6 is 15.9 Å². The summed E-state index contributed by atoms with van der Waals surface area (Å²) in [5.41, 5.74) is 1.52. The maximum atomic E-state index is 13.0. The van der Waals surface area contributed by atoms with Crippen LogP contribution in [-0.2, 0) is 5.72 Å². The van der Waals surface area contributed by atoms with Crippen LogP contribution in [0.4, 0.5) is 0 Å². The zero-order valence-electron chi connectivity index (χ0n) is 13.7. The van der Waals surface area contributed by atoms with Gasteiger partial charge in [0.2, 0.25) is 0 Å². The molecule has 1 amide bonds. The van der Waals surface area contributed by atoms with Gasteiger partial charge < -0.3 is 5.11 Å². The Balaban J connectivity index is 2.03. The third-order valence-corrected chi connectivity index (χ3v) is 4.74. The molecule has 124 valence electrons. The molecule has 0 bridgehead atoms. The molecular formula is C19H19BrN2O2. The van der Waals surface area contributed by atoms with E-state index in [0.717, 1.165) is 15.7 Å². The quantitative estimate of drug-likeness (QED) is 0.858. The van der Waals surface area contributed by atoms with E-state index in [-0.39, 0.29) is 5.91 Å². The second-order valence-corrected chi connectivity index (χ2v) is 6.92. The van der Waals surface area contributed by atoms with Gasteiger partial charge in [0, 0.05) is 27.7 Å². The Morgan fingerprint density at radius 3 is 2.62 bits per heavy atom. The van der Waals surface area contributed by atoms with E-state index in [1.165, 1.54) is 5.01 Å². The lowest BCUT2D eigenvalue weighted by atomic mass is 9.96. The Bertz CT molecular complexity index is 801. The van der Waals surface area contributed by atoms with Gasteiger partial charge in [-0.1, -0.05) is 52.7 Å². The molecule has 1 atom stereocenters. The number of benzene rings is 2. The third kappa shape index (κ3) is 3.01. The fraction of sp³-hybridized carbons (Fsp3) is 0.263. The highest BCUT2D eigenvalue weighted by molar-refractivity contribution is 9.10. The molecule has 0 aliphatic carbocycles. The highest BCUT2D eigenvalue weighted by Gasteiger charge is 2.45. The highest BCUT2D eigenvalue weighted by Crippen LogP contribution is 2.37. The molecule has 0 aromatic heterocycles. The molecule has 1 N–H and O–H groups in total. The summed E-state index contributed by atoms with van der Waals surface area (Å²) in [6.07, 6.45) is 1.01. The first-order valence-corrected chi connectivity index (χ1v) is 8.69. The fourth-order valence-corrected chi connectivity index (χ4v) is 3.13. The van der Waals surface area contributed by atoms with E-state index in [9.17, 15) is 9.90 Å². The van der Waals surface area contributed by atoms with Crippen molar-refractivity contribution in [3.8, 4) is 0 Å². The van der Waals surface area contributed by atoms with E-state index in [2.05, 4.69) is 21.0 Å². The van der Waals surface area contributed by atoms with Gasteiger partial charge in [-0.25, -0.2) is 0 Å². The van der Waals surface area contributed by atoms with Crippen molar-refractivity contribution in [3.05, 3.63) is 69.7 Å². The van der Waals surface area contributed by atoms with Crippen molar-refractivity contribution in [3.63, 3.8) is 0 Å². The third-order valence-electron chi connectivity index (χ3n) is 4.21. The minimum atomic E-state index is -1.45. The molecule has 1 aliphatic rings. The first kappa shape index (κ1) is 16.9. The number of amides is 1. The molecule has 0 saturated heterocycles. The van der Waals surface area contributed by atoms with Gasteiger partial charge in [-0.05, 0) is 37.6 Å². The number of hydrogen-bond acceptors (Lipinski definition) is 3. The van der Waals surface area contributed by atoms with Gasteiger partial charge in [0.15, 0.2) is 5.72 Å². The van der Waals surface area contributed by atoms with Gasteiger partial charge in [-0.3, -0.25) is 4.79 Å². The van der Waals surface area contributed by atoms with Gasteiger partial charge in [0.25, 0.3) is 5.91 Å². The first-order valence-electron chi connectivity index (χ1n) is 7.90. The van der Waals surface area contributed by atoms with Gasteiger partial charge in [0.1, 0.15) is 0 Å². The molecule has 5 heteroatoms. The molecule has 2 aromatic rings. The predicted octanol–water partition coefficient (Wildman–Crippen LogP) is 4.21. The second-order valence-electron chi connectivity index (χ2n) is 6.01. The number of nitrogens with zero attached hydrogens (tertiary/aromatic N) is 2. The molecule has 0 spiro atoms. The number of hydrazone groups is 1. The second kappa shape index (κ2) is 6.49. The van der Waals surface area contributed by atoms with E-state index in [4.69, 9.17) is 0 Å². The van der Waals surface area contributed by atoms with Crippen molar-refractivity contribution in [1.29, 1.82) is 0 Å². The molecule has 0 unspecified atom stereocenters. The summed E-state index contributed by atoms with van der Waals surface area (Å²) < 4.78 is 0.918. The summed E-state index contributed by atoms with van der Waals surface area (Å²) in [5, 5.41) is 16.9. The van der Waals surface area contributed by atoms with Crippen LogP contribution in [0.5, 0.6) is 0 Å². The number of aryl methyl sites for hydroxylation is 1. The Kier molecular flexibility index (Phi) is 4.56. The Hall–Kier alpha value is -1.98. The largest absolute Gasteiger partial charge is 0.365 e. The molecular weight excluding hydrogens is 368 g/mol. The number of aliphatic hydroxyl groups is 1. The Labute approximate surface area is 149 Å². The Morgan fingerprint density at radius 1 is 1.29 bits per heavy atom. The van der Waals surface area contributed by atoms with Crippen molar-refractivity contribution in [2.24, 2.45) is 5.10 Å². The lowest BCUT2D eigenvalue weighted by molar-refractivity contribution is -0.0765. The van der Waals surface area contributed by atoms with Crippen molar-refractivity contribution >= 4 is 27.5 Å². The molecule has 24 heavy (non-hydrogen) atoms.